The number of carbonyl (C=O) groups is 1. The molecular weight excluding hydrogens is 240 g/mol. The number of nitrogens with two attached hydrogens (primary N) is 1. The van der Waals surface area contributed by atoms with Crippen molar-refractivity contribution in [2.45, 2.75) is 25.7 Å². The van der Waals surface area contributed by atoms with E-state index in [1.165, 1.54) is 25.7 Å². The van der Waals surface area contributed by atoms with Gasteiger partial charge in [-0.05, 0) is 49.1 Å². The Morgan fingerprint density at radius 1 is 1.37 bits per heavy atom. The van der Waals surface area contributed by atoms with Crippen molar-refractivity contribution in [3.05, 3.63) is 23.8 Å². The standard InChI is InChI=1S/C15H20N2O2/c16-14-12(15(18)19)2-1-3-13(14)17-8-11-7-9-4-5-10(11)6-9/h1-3,9-11,17H,4-8,16H2,(H,18,19). The number of fused-ring (bicyclic) bond motifs is 2. The smallest absolute Gasteiger partial charge is 0.337 e. The molecule has 3 rings (SSSR count). The Morgan fingerprint density at radius 3 is 2.84 bits per heavy atom. The molecule has 0 aliphatic heterocycles. The highest BCUT2D eigenvalue weighted by Crippen LogP contribution is 2.48. The summed E-state index contributed by atoms with van der Waals surface area (Å²) in [6.45, 7) is 0.911. The van der Waals surface area contributed by atoms with Gasteiger partial charge in [0.15, 0.2) is 0 Å². The van der Waals surface area contributed by atoms with Gasteiger partial charge in [-0.25, -0.2) is 4.79 Å². The predicted octanol–water partition coefficient (Wildman–Crippen LogP) is 2.82. The first-order chi connectivity index (χ1) is 9.15. The van der Waals surface area contributed by atoms with Crippen molar-refractivity contribution < 1.29 is 9.90 Å². The van der Waals surface area contributed by atoms with Crippen LogP contribution in [-0.4, -0.2) is 17.6 Å². The molecule has 2 bridgehead atoms. The lowest BCUT2D eigenvalue weighted by atomic mass is 9.89. The minimum absolute atomic E-state index is 0.179. The summed E-state index contributed by atoms with van der Waals surface area (Å²) in [4.78, 5) is 11.0. The highest BCUT2D eigenvalue weighted by molar-refractivity contribution is 5.97. The van der Waals surface area contributed by atoms with E-state index < -0.39 is 5.97 Å². The van der Waals surface area contributed by atoms with Gasteiger partial charge in [-0.1, -0.05) is 12.5 Å². The number of hydrogen-bond donors (Lipinski definition) is 3. The van der Waals surface area contributed by atoms with Crippen molar-refractivity contribution in [3.8, 4) is 0 Å². The summed E-state index contributed by atoms with van der Waals surface area (Å²) >= 11 is 0. The quantitative estimate of drug-likeness (QED) is 0.728. The largest absolute Gasteiger partial charge is 0.478 e. The summed E-state index contributed by atoms with van der Waals surface area (Å²) < 4.78 is 0. The maximum atomic E-state index is 11.0. The van der Waals surface area contributed by atoms with Crippen molar-refractivity contribution in [2.75, 3.05) is 17.6 Å². The normalized spacial score (nSPS) is 28.5. The van der Waals surface area contributed by atoms with E-state index in [2.05, 4.69) is 5.32 Å². The third kappa shape index (κ3) is 2.27. The Kier molecular flexibility index (Phi) is 3.09. The molecule has 102 valence electrons. The number of anilines is 2. The van der Waals surface area contributed by atoms with Gasteiger partial charge in [-0.3, -0.25) is 0 Å². The minimum Gasteiger partial charge on any atom is -0.478 e. The van der Waals surface area contributed by atoms with E-state index in [-0.39, 0.29) is 5.56 Å². The topological polar surface area (TPSA) is 75.3 Å². The number of carboxylic acid groups (broad SMARTS) is 1. The molecule has 1 aromatic carbocycles. The number of nitrogens with one attached hydrogen (secondary N) is 1. The van der Waals surface area contributed by atoms with Crippen LogP contribution in [0.15, 0.2) is 18.2 Å². The molecule has 4 heteroatoms. The summed E-state index contributed by atoms with van der Waals surface area (Å²) in [5.74, 6) is 1.55. The minimum atomic E-state index is -0.971. The van der Waals surface area contributed by atoms with E-state index in [9.17, 15) is 4.79 Å². The molecule has 0 amide bonds. The Morgan fingerprint density at radius 2 is 2.21 bits per heavy atom. The molecule has 0 radical (unpaired) electrons. The highest BCUT2D eigenvalue weighted by atomic mass is 16.4. The lowest BCUT2D eigenvalue weighted by Gasteiger charge is -2.23. The fourth-order valence-corrected chi connectivity index (χ4v) is 3.77. The fourth-order valence-electron chi connectivity index (χ4n) is 3.77. The molecule has 2 fully saturated rings. The zero-order valence-electron chi connectivity index (χ0n) is 10.9. The monoisotopic (exact) mass is 260 g/mol. The van der Waals surface area contributed by atoms with Crippen LogP contribution in [0.3, 0.4) is 0 Å². The zero-order valence-corrected chi connectivity index (χ0v) is 10.9. The van der Waals surface area contributed by atoms with Gasteiger partial charge in [0.25, 0.3) is 0 Å². The molecule has 3 unspecified atom stereocenters. The maximum absolute atomic E-state index is 11.0. The second-order valence-corrected chi connectivity index (χ2v) is 5.89. The highest BCUT2D eigenvalue weighted by Gasteiger charge is 2.39. The van der Waals surface area contributed by atoms with Gasteiger partial charge in [0, 0.05) is 6.54 Å². The van der Waals surface area contributed by atoms with Crippen molar-refractivity contribution in [1.82, 2.24) is 0 Å². The number of benzene rings is 1. The predicted molar refractivity (Wildman–Crippen MR) is 75.2 cm³/mol. The Balaban J connectivity index is 1.67. The van der Waals surface area contributed by atoms with Crippen LogP contribution in [0, 0.1) is 17.8 Å². The van der Waals surface area contributed by atoms with E-state index in [0.29, 0.717) is 5.69 Å². The average molecular weight is 260 g/mol. The summed E-state index contributed by atoms with van der Waals surface area (Å²) in [6, 6.07) is 5.14. The molecule has 0 heterocycles. The van der Waals surface area contributed by atoms with Crippen molar-refractivity contribution in [1.29, 1.82) is 0 Å². The van der Waals surface area contributed by atoms with Gasteiger partial charge in [-0.2, -0.15) is 0 Å². The lowest BCUT2D eigenvalue weighted by molar-refractivity contribution is 0.0698. The number of hydrogen-bond acceptors (Lipinski definition) is 3. The van der Waals surface area contributed by atoms with E-state index in [4.69, 9.17) is 10.8 Å². The number of nitrogen functional groups attached to an aromatic ring is 1. The van der Waals surface area contributed by atoms with Crippen molar-refractivity contribution in [2.24, 2.45) is 17.8 Å². The van der Waals surface area contributed by atoms with E-state index in [1.54, 1.807) is 12.1 Å². The summed E-state index contributed by atoms with van der Waals surface area (Å²) in [6.07, 6.45) is 5.46. The first kappa shape index (κ1) is 12.3. The summed E-state index contributed by atoms with van der Waals surface area (Å²) in [7, 11) is 0. The fraction of sp³-hybridized carbons (Fsp3) is 0.533. The van der Waals surface area contributed by atoms with E-state index >= 15 is 0 Å². The summed E-state index contributed by atoms with van der Waals surface area (Å²) in [5, 5.41) is 12.4. The van der Waals surface area contributed by atoms with Crippen molar-refractivity contribution in [3.63, 3.8) is 0 Å². The van der Waals surface area contributed by atoms with Gasteiger partial charge < -0.3 is 16.2 Å². The zero-order chi connectivity index (χ0) is 13.4. The molecule has 1 aromatic rings. The number of para-hydroxylation sites is 1. The number of rotatable bonds is 4. The molecule has 3 atom stereocenters. The molecule has 4 N–H and O–H groups in total. The second-order valence-electron chi connectivity index (χ2n) is 5.89. The van der Waals surface area contributed by atoms with E-state index in [1.807, 2.05) is 6.07 Å². The Labute approximate surface area is 113 Å². The van der Waals surface area contributed by atoms with Crippen LogP contribution < -0.4 is 11.1 Å². The lowest BCUT2D eigenvalue weighted by Crippen LogP contribution is -2.20. The van der Waals surface area contributed by atoms with Gasteiger partial charge in [0.2, 0.25) is 0 Å². The molecular formula is C15H20N2O2. The Hall–Kier alpha value is -1.71. The van der Waals surface area contributed by atoms with E-state index in [0.717, 1.165) is 30.0 Å². The first-order valence-electron chi connectivity index (χ1n) is 7.01. The molecule has 2 saturated carbocycles. The average Bonchev–Trinajstić information content (AvgIpc) is 2.99. The maximum Gasteiger partial charge on any atom is 0.337 e. The van der Waals surface area contributed by atoms with Crippen LogP contribution in [0.5, 0.6) is 0 Å². The molecule has 2 aliphatic carbocycles. The van der Waals surface area contributed by atoms with Gasteiger partial charge in [-0.15, -0.1) is 0 Å². The molecule has 4 nitrogen and oxygen atoms in total. The van der Waals surface area contributed by atoms with Crippen LogP contribution in [0.4, 0.5) is 11.4 Å². The molecule has 19 heavy (non-hydrogen) atoms. The third-order valence-electron chi connectivity index (χ3n) is 4.78. The molecule has 0 spiro atoms. The van der Waals surface area contributed by atoms with Crippen LogP contribution >= 0.6 is 0 Å². The molecule has 0 saturated heterocycles. The van der Waals surface area contributed by atoms with Crippen molar-refractivity contribution >= 4 is 17.3 Å². The first-order valence-corrected chi connectivity index (χ1v) is 7.01. The number of carboxylic acids is 1. The molecule has 0 aromatic heterocycles. The SMILES string of the molecule is Nc1c(NCC2CC3CCC2C3)cccc1C(=O)O. The second kappa shape index (κ2) is 4.76. The molecule has 2 aliphatic rings. The van der Waals surface area contributed by atoms with Crippen LogP contribution in [0.25, 0.3) is 0 Å². The van der Waals surface area contributed by atoms with Gasteiger partial charge in [0.1, 0.15) is 0 Å². The Bertz CT molecular complexity index is 501. The van der Waals surface area contributed by atoms with Crippen LogP contribution in [0.1, 0.15) is 36.0 Å². The summed E-state index contributed by atoms with van der Waals surface area (Å²) in [5.41, 5.74) is 7.18. The van der Waals surface area contributed by atoms with Crippen LogP contribution in [-0.2, 0) is 0 Å². The van der Waals surface area contributed by atoms with Gasteiger partial charge >= 0.3 is 5.97 Å². The number of aromatic carboxylic acids is 1. The van der Waals surface area contributed by atoms with Crippen LogP contribution in [0.2, 0.25) is 0 Å². The third-order valence-corrected chi connectivity index (χ3v) is 4.78. The van der Waals surface area contributed by atoms with Gasteiger partial charge in [0.05, 0.1) is 16.9 Å².